The van der Waals surface area contributed by atoms with Crippen LogP contribution >= 0.6 is 0 Å². The van der Waals surface area contributed by atoms with Crippen molar-refractivity contribution in [3.05, 3.63) is 63.1 Å². The fourth-order valence-corrected chi connectivity index (χ4v) is 4.83. The minimum atomic E-state index is -0.276. The van der Waals surface area contributed by atoms with Crippen LogP contribution in [0.25, 0.3) is 11.4 Å². The van der Waals surface area contributed by atoms with Crippen LogP contribution in [0.15, 0.2) is 35.1 Å². The summed E-state index contributed by atoms with van der Waals surface area (Å²) in [6.45, 7) is 9.09. The number of carbonyl (C=O) groups excluding carboxylic acids is 1. The summed E-state index contributed by atoms with van der Waals surface area (Å²) >= 11 is 0. The third kappa shape index (κ3) is 5.18. The van der Waals surface area contributed by atoms with Gasteiger partial charge in [-0.1, -0.05) is 45.9 Å². The molecule has 9 heteroatoms. The molecular weight excluding hydrogens is 484 g/mol. The highest BCUT2D eigenvalue weighted by atomic mass is 16.5. The molecule has 202 valence electrons. The number of methoxy groups -OCH3 is 3. The van der Waals surface area contributed by atoms with Crippen molar-refractivity contribution in [2.45, 2.75) is 52.5 Å². The number of urea groups is 1. The minimum Gasteiger partial charge on any atom is -0.493 e. The van der Waals surface area contributed by atoms with E-state index in [4.69, 9.17) is 19.2 Å². The Labute approximate surface area is 223 Å². The highest BCUT2D eigenvalue weighted by Gasteiger charge is 2.27. The van der Waals surface area contributed by atoms with Crippen LogP contribution in [0.4, 0.5) is 10.5 Å². The smallest absolute Gasteiger partial charge is 0.322 e. The Morgan fingerprint density at radius 2 is 1.61 bits per heavy atom. The zero-order valence-corrected chi connectivity index (χ0v) is 23.1. The summed E-state index contributed by atoms with van der Waals surface area (Å²) in [4.78, 5) is 35.8. The van der Waals surface area contributed by atoms with Gasteiger partial charge in [-0.3, -0.25) is 4.79 Å². The summed E-state index contributed by atoms with van der Waals surface area (Å²) in [6, 6.07) is 9.40. The van der Waals surface area contributed by atoms with Crippen molar-refractivity contribution in [2.75, 3.05) is 33.2 Å². The molecule has 0 radical (unpaired) electrons. The number of hydrogen-bond acceptors (Lipinski definition) is 6. The number of para-hydroxylation sites is 1. The summed E-state index contributed by atoms with van der Waals surface area (Å²) < 4.78 is 16.3. The molecule has 38 heavy (non-hydrogen) atoms. The second kappa shape index (κ2) is 11.2. The number of hydrogen-bond donors (Lipinski definition) is 2. The van der Waals surface area contributed by atoms with E-state index in [1.54, 1.807) is 17.0 Å². The van der Waals surface area contributed by atoms with Gasteiger partial charge in [0, 0.05) is 24.2 Å². The topological polar surface area (TPSA) is 106 Å². The molecule has 1 aliphatic rings. The molecule has 2 N–H and O–H groups in total. The molecule has 9 nitrogen and oxygen atoms in total. The van der Waals surface area contributed by atoms with Gasteiger partial charge >= 0.3 is 6.03 Å². The van der Waals surface area contributed by atoms with Gasteiger partial charge in [-0.15, -0.1) is 0 Å². The number of rotatable bonds is 7. The van der Waals surface area contributed by atoms with Crippen molar-refractivity contribution in [1.29, 1.82) is 0 Å². The van der Waals surface area contributed by atoms with Gasteiger partial charge in [0.1, 0.15) is 5.82 Å². The van der Waals surface area contributed by atoms with E-state index in [-0.39, 0.29) is 30.0 Å². The predicted molar refractivity (Wildman–Crippen MR) is 148 cm³/mol. The molecule has 0 fully saturated rings. The van der Waals surface area contributed by atoms with E-state index in [1.165, 1.54) is 21.3 Å². The molecule has 3 aromatic rings. The Morgan fingerprint density at radius 1 is 1.00 bits per heavy atom. The zero-order chi connectivity index (χ0) is 27.6. The lowest BCUT2D eigenvalue weighted by Crippen LogP contribution is -2.42. The molecule has 2 amide bonds. The first kappa shape index (κ1) is 27.0. The van der Waals surface area contributed by atoms with E-state index in [0.717, 1.165) is 16.8 Å². The summed E-state index contributed by atoms with van der Waals surface area (Å²) in [6.07, 6.45) is 0.465. The second-order valence-electron chi connectivity index (χ2n) is 9.98. The van der Waals surface area contributed by atoms with Gasteiger partial charge in [0.15, 0.2) is 11.5 Å². The summed E-state index contributed by atoms with van der Waals surface area (Å²) in [5.74, 6) is 2.30. The van der Waals surface area contributed by atoms with Crippen molar-refractivity contribution in [3.63, 3.8) is 0 Å². The van der Waals surface area contributed by atoms with Gasteiger partial charge in [-0.2, -0.15) is 0 Å². The molecule has 0 atom stereocenters. The summed E-state index contributed by atoms with van der Waals surface area (Å²) in [7, 11) is 4.60. The summed E-state index contributed by atoms with van der Waals surface area (Å²) in [5.41, 5.74) is 4.56. The van der Waals surface area contributed by atoms with Crippen LogP contribution in [0.1, 0.15) is 61.9 Å². The number of nitrogens with zero attached hydrogens (tertiary/aromatic N) is 2. The lowest BCUT2D eigenvalue weighted by molar-refractivity contribution is 0.205. The number of anilines is 1. The Kier molecular flexibility index (Phi) is 7.94. The van der Waals surface area contributed by atoms with Crippen LogP contribution in [0, 0.1) is 0 Å². The molecule has 2 aromatic carbocycles. The Morgan fingerprint density at radius 3 is 2.13 bits per heavy atom. The number of benzene rings is 2. The SMILES string of the molecule is COc1cc(-c2nc3c(c(=O)[nH]2)CN(C(=O)Nc2c(C(C)C)cccc2C(C)C)CC3)cc(OC)c1OC. The fourth-order valence-electron chi connectivity index (χ4n) is 4.83. The quantitative estimate of drug-likeness (QED) is 0.438. The van der Waals surface area contributed by atoms with Gasteiger partial charge < -0.3 is 29.4 Å². The van der Waals surface area contributed by atoms with E-state index in [1.807, 2.05) is 6.07 Å². The molecule has 0 bridgehead atoms. The van der Waals surface area contributed by atoms with Crippen molar-refractivity contribution in [3.8, 4) is 28.6 Å². The molecule has 0 aliphatic carbocycles. The number of ether oxygens (including phenoxy) is 3. The van der Waals surface area contributed by atoms with Crippen LogP contribution in [-0.4, -0.2) is 48.8 Å². The number of nitrogens with one attached hydrogen (secondary N) is 2. The number of aromatic nitrogens is 2. The normalized spacial score (nSPS) is 12.9. The third-order valence-corrected chi connectivity index (χ3v) is 6.90. The molecule has 1 aromatic heterocycles. The standard InChI is InChI=1S/C29H36N4O5/c1-16(2)19-9-8-10-20(17(3)4)25(19)31-29(35)33-12-11-22-21(15-33)28(34)32-27(30-22)18-13-23(36-5)26(38-7)24(14-18)37-6/h8-10,13-14,16-17H,11-12,15H2,1-7H3,(H,31,35)(H,30,32,34). The maximum Gasteiger partial charge on any atom is 0.322 e. The zero-order valence-electron chi connectivity index (χ0n) is 23.1. The Hall–Kier alpha value is -4.01. The fraction of sp³-hybridized carbons (Fsp3) is 0.414. The predicted octanol–water partition coefficient (Wildman–Crippen LogP) is 5.30. The van der Waals surface area contributed by atoms with Crippen molar-refractivity contribution in [1.82, 2.24) is 14.9 Å². The number of H-pyrrole nitrogens is 1. The van der Waals surface area contributed by atoms with Gasteiger partial charge in [0.25, 0.3) is 5.56 Å². The van der Waals surface area contributed by atoms with Crippen molar-refractivity contribution >= 4 is 11.7 Å². The van der Waals surface area contributed by atoms with E-state index in [2.05, 4.69) is 50.1 Å². The van der Waals surface area contributed by atoms with E-state index in [0.29, 0.717) is 52.9 Å². The first-order valence-corrected chi connectivity index (χ1v) is 12.8. The van der Waals surface area contributed by atoms with E-state index in [9.17, 15) is 9.59 Å². The number of amides is 2. The number of aromatic amines is 1. The average Bonchev–Trinajstić information content (AvgIpc) is 2.91. The first-order chi connectivity index (χ1) is 18.2. The number of carbonyl (C=O) groups is 1. The molecule has 0 spiro atoms. The van der Waals surface area contributed by atoms with Crippen LogP contribution in [-0.2, 0) is 13.0 Å². The Bertz CT molecular complexity index is 1340. The van der Waals surface area contributed by atoms with Crippen molar-refractivity contribution in [2.24, 2.45) is 0 Å². The highest BCUT2D eigenvalue weighted by Crippen LogP contribution is 2.40. The molecule has 4 rings (SSSR count). The second-order valence-corrected chi connectivity index (χ2v) is 9.98. The number of fused-ring (bicyclic) bond motifs is 1. The van der Waals surface area contributed by atoms with Crippen LogP contribution in [0.3, 0.4) is 0 Å². The van der Waals surface area contributed by atoms with Gasteiger partial charge in [0.05, 0.1) is 39.1 Å². The van der Waals surface area contributed by atoms with Gasteiger partial charge in [-0.05, 0) is 35.1 Å². The molecule has 2 heterocycles. The van der Waals surface area contributed by atoms with Crippen molar-refractivity contribution < 1.29 is 19.0 Å². The maximum atomic E-state index is 13.4. The molecule has 0 unspecified atom stereocenters. The molecular formula is C29H36N4O5. The van der Waals surface area contributed by atoms with Crippen LogP contribution in [0.2, 0.25) is 0 Å². The molecule has 0 saturated heterocycles. The van der Waals surface area contributed by atoms with Gasteiger partial charge in [0.2, 0.25) is 5.75 Å². The Balaban J connectivity index is 1.62. The lowest BCUT2D eigenvalue weighted by atomic mass is 9.92. The first-order valence-electron chi connectivity index (χ1n) is 12.8. The summed E-state index contributed by atoms with van der Waals surface area (Å²) in [5, 5.41) is 3.15. The van der Waals surface area contributed by atoms with Crippen LogP contribution < -0.4 is 25.1 Å². The van der Waals surface area contributed by atoms with E-state index < -0.39 is 0 Å². The van der Waals surface area contributed by atoms with E-state index >= 15 is 0 Å². The lowest BCUT2D eigenvalue weighted by Gasteiger charge is -2.29. The third-order valence-electron chi connectivity index (χ3n) is 6.90. The highest BCUT2D eigenvalue weighted by molar-refractivity contribution is 5.91. The van der Waals surface area contributed by atoms with Crippen LogP contribution in [0.5, 0.6) is 17.2 Å². The molecule has 1 aliphatic heterocycles. The maximum absolute atomic E-state index is 13.4. The average molecular weight is 521 g/mol. The molecule has 0 saturated carbocycles. The largest absolute Gasteiger partial charge is 0.493 e. The van der Waals surface area contributed by atoms with Gasteiger partial charge in [-0.25, -0.2) is 9.78 Å². The minimum absolute atomic E-state index is 0.180. The monoisotopic (exact) mass is 520 g/mol.